The lowest BCUT2D eigenvalue weighted by molar-refractivity contribution is 0.306. The predicted molar refractivity (Wildman–Crippen MR) is 87.9 cm³/mol. The fraction of sp³-hybridized carbons (Fsp3) is 0.118. The first-order valence-corrected chi connectivity index (χ1v) is 8.04. The zero-order valence-electron chi connectivity index (χ0n) is 11.3. The van der Waals surface area contributed by atoms with Gasteiger partial charge in [-0.15, -0.1) is 22.9 Å². The highest BCUT2D eigenvalue weighted by atomic mass is 35.5. The molecule has 0 saturated carbocycles. The second-order valence-corrected chi connectivity index (χ2v) is 5.70. The Morgan fingerprint density at radius 2 is 1.76 bits per heavy atom. The van der Waals surface area contributed by atoms with Crippen LogP contribution in [0.4, 0.5) is 0 Å². The second-order valence-electron chi connectivity index (χ2n) is 4.58. The Kier molecular flexibility index (Phi) is 4.53. The number of halogens is 1. The van der Waals surface area contributed by atoms with Crippen molar-refractivity contribution in [3.63, 3.8) is 0 Å². The van der Waals surface area contributed by atoms with Crippen LogP contribution in [-0.2, 0) is 12.5 Å². The Morgan fingerprint density at radius 1 is 1.00 bits per heavy atom. The summed E-state index contributed by atoms with van der Waals surface area (Å²) >= 11 is 7.38. The van der Waals surface area contributed by atoms with Crippen LogP contribution in [0.1, 0.15) is 11.3 Å². The van der Waals surface area contributed by atoms with Crippen molar-refractivity contribution in [2.24, 2.45) is 0 Å². The van der Waals surface area contributed by atoms with Gasteiger partial charge < -0.3 is 4.74 Å². The lowest BCUT2D eigenvalue weighted by Gasteiger charge is -2.06. The largest absolute Gasteiger partial charge is 0.489 e. The van der Waals surface area contributed by atoms with Crippen molar-refractivity contribution in [3.05, 3.63) is 71.2 Å². The number of hydrogen-bond donors (Lipinski definition) is 0. The van der Waals surface area contributed by atoms with Crippen molar-refractivity contribution in [1.82, 2.24) is 4.98 Å². The van der Waals surface area contributed by atoms with Crippen LogP contribution in [0.15, 0.2) is 60.0 Å². The van der Waals surface area contributed by atoms with Gasteiger partial charge in [-0.2, -0.15) is 0 Å². The average molecular weight is 316 g/mol. The molecule has 1 aromatic heterocycles. The van der Waals surface area contributed by atoms with E-state index >= 15 is 0 Å². The molecular weight excluding hydrogens is 302 g/mol. The van der Waals surface area contributed by atoms with Gasteiger partial charge in [-0.3, -0.25) is 0 Å². The molecule has 21 heavy (non-hydrogen) atoms. The third kappa shape index (κ3) is 3.63. The van der Waals surface area contributed by atoms with E-state index in [0.29, 0.717) is 12.5 Å². The maximum atomic E-state index is 5.78. The maximum absolute atomic E-state index is 5.78. The first-order chi connectivity index (χ1) is 10.3. The second kappa shape index (κ2) is 6.74. The fourth-order valence-electron chi connectivity index (χ4n) is 1.94. The summed E-state index contributed by atoms with van der Waals surface area (Å²) in [4.78, 5) is 4.47. The number of alkyl halides is 1. The van der Waals surface area contributed by atoms with Crippen LogP contribution >= 0.6 is 22.9 Å². The number of nitrogens with zero attached hydrogens (tertiary/aromatic N) is 1. The zero-order chi connectivity index (χ0) is 14.5. The molecule has 3 aromatic rings. The molecule has 2 nitrogen and oxygen atoms in total. The Balaban J connectivity index is 1.66. The number of rotatable bonds is 5. The summed E-state index contributed by atoms with van der Waals surface area (Å²) in [5.74, 6) is 1.31. The third-order valence-corrected chi connectivity index (χ3v) is 4.25. The highest BCUT2D eigenvalue weighted by Gasteiger charge is 2.04. The number of ether oxygens (including phenoxy) is 1. The van der Waals surface area contributed by atoms with Crippen LogP contribution in [0.5, 0.6) is 5.75 Å². The van der Waals surface area contributed by atoms with Gasteiger partial charge in [-0.1, -0.05) is 30.3 Å². The van der Waals surface area contributed by atoms with E-state index in [1.165, 1.54) is 0 Å². The van der Waals surface area contributed by atoms with E-state index in [1.807, 2.05) is 47.8 Å². The molecule has 0 unspecified atom stereocenters. The SMILES string of the molecule is ClCc1csc(-c2ccc(OCc3ccccc3)cc2)n1. The molecule has 0 radical (unpaired) electrons. The lowest BCUT2D eigenvalue weighted by atomic mass is 10.2. The van der Waals surface area contributed by atoms with Crippen LogP contribution in [0, 0.1) is 0 Å². The van der Waals surface area contributed by atoms with Gasteiger partial charge in [-0.25, -0.2) is 4.98 Å². The van der Waals surface area contributed by atoms with E-state index in [1.54, 1.807) is 11.3 Å². The summed E-state index contributed by atoms with van der Waals surface area (Å²) in [7, 11) is 0. The molecule has 0 aliphatic heterocycles. The predicted octanol–water partition coefficient (Wildman–Crippen LogP) is 5.13. The van der Waals surface area contributed by atoms with Crippen molar-refractivity contribution >= 4 is 22.9 Å². The Hall–Kier alpha value is -1.84. The first-order valence-electron chi connectivity index (χ1n) is 6.62. The average Bonchev–Trinajstić information content (AvgIpc) is 3.03. The van der Waals surface area contributed by atoms with Gasteiger partial charge in [0, 0.05) is 10.9 Å². The summed E-state index contributed by atoms with van der Waals surface area (Å²) < 4.78 is 5.77. The van der Waals surface area contributed by atoms with Gasteiger partial charge in [-0.05, 0) is 29.8 Å². The van der Waals surface area contributed by atoms with E-state index in [4.69, 9.17) is 16.3 Å². The van der Waals surface area contributed by atoms with Gasteiger partial charge in [0.2, 0.25) is 0 Å². The van der Waals surface area contributed by atoms with E-state index in [0.717, 1.165) is 27.6 Å². The molecule has 2 aromatic carbocycles. The topological polar surface area (TPSA) is 22.1 Å². The van der Waals surface area contributed by atoms with Crippen molar-refractivity contribution in [1.29, 1.82) is 0 Å². The molecule has 0 spiro atoms. The molecule has 1 heterocycles. The highest BCUT2D eigenvalue weighted by Crippen LogP contribution is 2.26. The first kappa shape index (κ1) is 14.1. The van der Waals surface area contributed by atoms with Gasteiger partial charge in [0.25, 0.3) is 0 Å². The summed E-state index contributed by atoms with van der Waals surface area (Å²) in [5, 5.41) is 2.97. The van der Waals surface area contributed by atoms with E-state index < -0.39 is 0 Å². The summed E-state index contributed by atoms with van der Waals surface area (Å²) in [6.07, 6.45) is 0. The van der Waals surface area contributed by atoms with E-state index in [2.05, 4.69) is 17.1 Å². The molecule has 0 saturated heterocycles. The molecule has 0 amide bonds. The van der Waals surface area contributed by atoms with Gasteiger partial charge >= 0.3 is 0 Å². The molecule has 0 aliphatic carbocycles. The molecule has 4 heteroatoms. The van der Waals surface area contributed by atoms with Crippen LogP contribution < -0.4 is 4.74 Å². The minimum atomic E-state index is 0.453. The maximum Gasteiger partial charge on any atom is 0.123 e. The van der Waals surface area contributed by atoms with E-state index in [-0.39, 0.29) is 0 Å². The van der Waals surface area contributed by atoms with Gasteiger partial charge in [0.05, 0.1) is 11.6 Å². The van der Waals surface area contributed by atoms with Crippen molar-refractivity contribution in [2.45, 2.75) is 12.5 Å². The molecular formula is C17H14ClNOS. The van der Waals surface area contributed by atoms with Gasteiger partial charge in [0.15, 0.2) is 0 Å². The highest BCUT2D eigenvalue weighted by molar-refractivity contribution is 7.13. The number of aromatic nitrogens is 1. The Bertz CT molecular complexity index is 694. The molecule has 0 N–H and O–H groups in total. The van der Waals surface area contributed by atoms with Gasteiger partial charge in [0.1, 0.15) is 17.4 Å². The van der Waals surface area contributed by atoms with Crippen LogP contribution in [-0.4, -0.2) is 4.98 Å². The standard InChI is InChI=1S/C17H14ClNOS/c18-10-15-12-21-17(19-15)14-6-8-16(9-7-14)20-11-13-4-2-1-3-5-13/h1-9,12H,10-11H2. The number of hydrogen-bond acceptors (Lipinski definition) is 3. The van der Waals surface area contributed by atoms with Crippen molar-refractivity contribution < 1.29 is 4.74 Å². The minimum absolute atomic E-state index is 0.453. The quantitative estimate of drug-likeness (QED) is 0.609. The Labute approximate surface area is 133 Å². The summed E-state index contributed by atoms with van der Waals surface area (Å²) in [5.41, 5.74) is 3.16. The monoisotopic (exact) mass is 315 g/mol. The summed E-state index contributed by atoms with van der Waals surface area (Å²) in [6, 6.07) is 18.1. The number of benzene rings is 2. The fourth-order valence-corrected chi connectivity index (χ4v) is 2.99. The molecule has 106 valence electrons. The normalized spacial score (nSPS) is 10.5. The Morgan fingerprint density at radius 3 is 2.43 bits per heavy atom. The van der Waals surface area contributed by atoms with Crippen LogP contribution in [0.25, 0.3) is 10.6 Å². The van der Waals surface area contributed by atoms with Crippen LogP contribution in [0.2, 0.25) is 0 Å². The van der Waals surface area contributed by atoms with E-state index in [9.17, 15) is 0 Å². The smallest absolute Gasteiger partial charge is 0.123 e. The molecule has 3 rings (SSSR count). The molecule has 0 aliphatic rings. The minimum Gasteiger partial charge on any atom is -0.489 e. The number of thiazole rings is 1. The van der Waals surface area contributed by atoms with Crippen molar-refractivity contribution in [2.75, 3.05) is 0 Å². The lowest BCUT2D eigenvalue weighted by Crippen LogP contribution is -1.94. The van der Waals surface area contributed by atoms with Crippen LogP contribution in [0.3, 0.4) is 0 Å². The summed E-state index contributed by atoms with van der Waals surface area (Å²) in [6.45, 7) is 0.577. The third-order valence-electron chi connectivity index (χ3n) is 3.04. The molecule has 0 fully saturated rings. The van der Waals surface area contributed by atoms with Crippen molar-refractivity contribution in [3.8, 4) is 16.3 Å². The zero-order valence-corrected chi connectivity index (χ0v) is 12.9. The molecule has 0 atom stereocenters. The molecule has 0 bridgehead atoms.